The van der Waals surface area contributed by atoms with Crippen molar-refractivity contribution in [2.75, 3.05) is 11.9 Å². The van der Waals surface area contributed by atoms with Gasteiger partial charge in [-0.3, -0.25) is 4.99 Å². The van der Waals surface area contributed by atoms with Crippen molar-refractivity contribution in [3.05, 3.63) is 24.4 Å². The molecule has 0 saturated heterocycles. The van der Waals surface area contributed by atoms with Gasteiger partial charge in [-0.05, 0) is 36.3 Å². The van der Waals surface area contributed by atoms with Gasteiger partial charge in [-0.1, -0.05) is 25.3 Å². The van der Waals surface area contributed by atoms with Gasteiger partial charge in [-0.25, -0.2) is 4.98 Å². The van der Waals surface area contributed by atoms with E-state index in [0.29, 0.717) is 5.96 Å². The SMILES string of the molecule is I.NC(=NC[C@@H]1C[C@H]1C1CCC1)Nc1ccccn1. The van der Waals surface area contributed by atoms with Gasteiger partial charge in [-0.2, -0.15) is 0 Å². The van der Waals surface area contributed by atoms with Gasteiger partial charge in [0.1, 0.15) is 5.82 Å². The van der Waals surface area contributed by atoms with Crippen molar-refractivity contribution in [1.29, 1.82) is 0 Å². The Hall–Kier alpha value is -0.850. The minimum absolute atomic E-state index is 0. The summed E-state index contributed by atoms with van der Waals surface area (Å²) in [6, 6.07) is 5.69. The molecule has 3 rings (SSSR count). The highest BCUT2D eigenvalue weighted by molar-refractivity contribution is 14.0. The monoisotopic (exact) mass is 372 g/mol. The van der Waals surface area contributed by atoms with Crippen molar-refractivity contribution in [2.24, 2.45) is 28.5 Å². The molecule has 1 aromatic rings. The molecule has 1 aromatic heterocycles. The van der Waals surface area contributed by atoms with Crippen molar-refractivity contribution in [3.8, 4) is 0 Å². The lowest BCUT2D eigenvalue weighted by Crippen LogP contribution is -2.23. The number of nitrogens with zero attached hydrogens (tertiary/aromatic N) is 2. The van der Waals surface area contributed by atoms with Crippen LogP contribution in [0.2, 0.25) is 0 Å². The number of nitrogens with two attached hydrogens (primary N) is 1. The van der Waals surface area contributed by atoms with E-state index in [9.17, 15) is 0 Å². The fraction of sp³-hybridized carbons (Fsp3) is 0.571. The molecule has 19 heavy (non-hydrogen) atoms. The number of rotatable bonds is 4. The van der Waals surface area contributed by atoms with E-state index in [-0.39, 0.29) is 24.0 Å². The molecule has 0 bridgehead atoms. The Morgan fingerprint density at radius 2 is 2.26 bits per heavy atom. The molecule has 2 aliphatic carbocycles. The van der Waals surface area contributed by atoms with Crippen LogP contribution >= 0.6 is 24.0 Å². The van der Waals surface area contributed by atoms with Gasteiger partial charge in [0.25, 0.3) is 0 Å². The third kappa shape index (κ3) is 3.81. The van der Waals surface area contributed by atoms with Crippen LogP contribution in [0.3, 0.4) is 0 Å². The van der Waals surface area contributed by atoms with Crippen molar-refractivity contribution in [3.63, 3.8) is 0 Å². The summed E-state index contributed by atoms with van der Waals surface area (Å²) in [7, 11) is 0. The Balaban J connectivity index is 0.00000133. The van der Waals surface area contributed by atoms with E-state index in [1.165, 1.54) is 25.7 Å². The number of aliphatic imine (C=N–C) groups is 1. The number of hydrogen-bond donors (Lipinski definition) is 2. The standard InChI is InChI=1S/C14H20N4.HI/c15-14(18-13-6-1-2-7-16-13)17-9-11-8-12(11)10-4-3-5-10;/h1-2,6-7,10-12H,3-5,8-9H2,(H3,15,16,17,18);1H/t11-,12-;/m0./s1. The highest BCUT2D eigenvalue weighted by Crippen LogP contribution is 2.51. The van der Waals surface area contributed by atoms with Crippen LogP contribution in [0.25, 0.3) is 0 Å². The summed E-state index contributed by atoms with van der Waals surface area (Å²) in [5.41, 5.74) is 5.85. The van der Waals surface area contributed by atoms with Crippen LogP contribution in [0, 0.1) is 17.8 Å². The van der Waals surface area contributed by atoms with Crippen LogP contribution in [0.4, 0.5) is 5.82 Å². The molecule has 3 N–H and O–H groups in total. The van der Waals surface area contributed by atoms with E-state index in [2.05, 4.69) is 15.3 Å². The zero-order valence-corrected chi connectivity index (χ0v) is 13.3. The molecule has 2 atom stereocenters. The number of guanidine groups is 1. The Morgan fingerprint density at radius 3 is 2.89 bits per heavy atom. The third-order valence-corrected chi connectivity index (χ3v) is 4.15. The summed E-state index contributed by atoms with van der Waals surface area (Å²) in [5.74, 6) is 3.94. The molecule has 104 valence electrons. The lowest BCUT2D eigenvalue weighted by molar-refractivity contribution is 0.266. The van der Waals surface area contributed by atoms with E-state index in [1.54, 1.807) is 6.20 Å². The maximum absolute atomic E-state index is 5.85. The first-order valence-electron chi connectivity index (χ1n) is 6.81. The van der Waals surface area contributed by atoms with Gasteiger partial charge < -0.3 is 11.1 Å². The summed E-state index contributed by atoms with van der Waals surface area (Å²) in [4.78, 5) is 8.57. The zero-order chi connectivity index (χ0) is 12.4. The van der Waals surface area contributed by atoms with E-state index in [4.69, 9.17) is 5.73 Å². The highest BCUT2D eigenvalue weighted by Gasteiger charge is 2.44. The lowest BCUT2D eigenvalue weighted by atomic mass is 9.81. The third-order valence-electron chi connectivity index (χ3n) is 4.15. The van der Waals surface area contributed by atoms with Crippen LogP contribution in [0.1, 0.15) is 25.7 Å². The molecular formula is C14H21IN4. The average molecular weight is 372 g/mol. The number of hydrogen-bond acceptors (Lipinski definition) is 2. The molecule has 0 radical (unpaired) electrons. The molecule has 2 aliphatic rings. The Labute approximate surface area is 131 Å². The Kier molecular flexibility index (Phi) is 5.01. The van der Waals surface area contributed by atoms with E-state index in [0.717, 1.165) is 30.1 Å². The predicted molar refractivity (Wildman–Crippen MR) is 88.7 cm³/mol. The van der Waals surface area contributed by atoms with E-state index < -0.39 is 0 Å². The second-order valence-electron chi connectivity index (χ2n) is 5.42. The lowest BCUT2D eigenvalue weighted by Gasteiger charge is -2.25. The minimum atomic E-state index is 0. The quantitative estimate of drug-likeness (QED) is 0.485. The Morgan fingerprint density at radius 1 is 1.42 bits per heavy atom. The van der Waals surface area contributed by atoms with Crippen molar-refractivity contribution in [1.82, 2.24) is 4.98 Å². The molecule has 0 amide bonds. The summed E-state index contributed by atoms with van der Waals surface area (Å²) < 4.78 is 0. The highest BCUT2D eigenvalue weighted by atomic mass is 127. The van der Waals surface area contributed by atoms with Crippen LogP contribution in [0.5, 0.6) is 0 Å². The molecule has 0 aliphatic heterocycles. The van der Waals surface area contributed by atoms with Gasteiger partial charge in [0.15, 0.2) is 5.96 Å². The largest absolute Gasteiger partial charge is 0.370 e. The molecule has 2 fully saturated rings. The normalized spacial score (nSPS) is 26.2. The first-order valence-corrected chi connectivity index (χ1v) is 6.81. The number of pyridine rings is 1. The van der Waals surface area contributed by atoms with E-state index in [1.807, 2.05) is 18.2 Å². The maximum atomic E-state index is 5.85. The minimum Gasteiger partial charge on any atom is -0.370 e. The van der Waals surface area contributed by atoms with Crippen LogP contribution in [0.15, 0.2) is 29.4 Å². The Bertz CT molecular complexity index is 430. The van der Waals surface area contributed by atoms with E-state index >= 15 is 0 Å². The summed E-state index contributed by atoms with van der Waals surface area (Å²) in [6.07, 6.45) is 7.40. The number of nitrogens with one attached hydrogen (secondary N) is 1. The summed E-state index contributed by atoms with van der Waals surface area (Å²) >= 11 is 0. The molecule has 2 saturated carbocycles. The van der Waals surface area contributed by atoms with Gasteiger partial charge >= 0.3 is 0 Å². The number of aromatic nitrogens is 1. The molecule has 0 aromatic carbocycles. The first-order chi connectivity index (χ1) is 8.83. The average Bonchev–Trinajstić information content (AvgIpc) is 3.05. The molecular weight excluding hydrogens is 351 g/mol. The predicted octanol–water partition coefficient (Wildman–Crippen LogP) is 2.86. The molecule has 0 spiro atoms. The molecule has 0 unspecified atom stereocenters. The van der Waals surface area contributed by atoms with Gasteiger partial charge in [-0.15, -0.1) is 24.0 Å². The summed E-state index contributed by atoms with van der Waals surface area (Å²) in [6.45, 7) is 0.868. The molecule has 5 heteroatoms. The van der Waals surface area contributed by atoms with Crippen LogP contribution < -0.4 is 11.1 Å². The molecule has 1 heterocycles. The second kappa shape index (κ2) is 6.54. The first kappa shape index (κ1) is 14.6. The smallest absolute Gasteiger partial charge is 0.194 e. The van der Waals surface area contributed by atoms with Crippen molar-refractivity contribution >= 4 is 35.8 Å². The fourth-order valence-electron chi connectivity index (χ4n) is 2.75. The van der Waals surface area contributed by atoms with Crippen LogP contribution in [-0.2, 0) is 0 Å². The summed E-state index contributed by atoms with van der Waals surface area (Å²) in [5, 5.41) is 3.01. The second-order valence-corrected chi connectivity index (χ2v) is 5.42. The molecule has 4 nitrogen and oxygen atoms in total. The van der Waals surface area contributed by atoms with Crippen molar-refractivity contribution in [2.45, 2.75) is 25.7 Å². The topological polar surface area (TPSA) is 63.3 Å². The van der Waals surface area contributed by atoms with Crippen LogP contribution in [-0.4, -0.2) is 17.5 Å². The zero-order valence-electron chi connectivity index (χ0n) is 11.0. The fourth-order valence-corrected chi connectivity index (χ4v) is 2.75. The van der Waals surface area contributed by atoms with Gasteiger partial charge in [0.2, 0.25) is 0 Å². The van der Waals surface area contributed by atoms with Gasteiger partial charge in [0.05, 0.1) is 0 Å². The van der Waals surface area contributed by atoms with Crippen molar-refractivity contribution < 1.29 is 0 Å². The number of anilines is 1. The number of halogens is 1. The maximum Gasteiger partial charge on any atom is 0.194 e. The van der Waals surface area contributed by atoms with Gasteiger partial charge in [0, 0.05) is 12.7 Å².